The van der Waals surface area contributed by atoms with E-state index in [1.807, 2.05) is 20.0 Å². The highest BCUT2D eigenvalue weighted by molar-refractivity contribution is 5.82. The van der Waals surface area contributed by atoms with Crippen LogP contribution in [-0.4, -0.2) is 65.4 Å². The van der Waals surface area contributed by atoms with Gasteiger partial charge in [0.1, 0.15) is 11.6 Å². The van der Waals surface area contributed by atoms with Crippen LogP contribution in [0.5, 0.6) is 0 Å². The van der Waals surface area contributed by atoms with Crippen molar-refractivity contribution in [3.8, 4) is 0 Å². The molecule has 1 aromatic carbocycles. The molecule has 2 aliphatic heterocycles. The fourth-order valence-electron chi connectivity index (χ4n) is 5.36. The Balaban J connectivity index is 1.38. The summed E-state index contributed by atoms with van der Waals surface area (Å²) in [4.78, 5) is 27.9. The lowest BCUT2D eigenvalue weighted by atomic mass is 9.76. The molecule has 0 unspecified atom stereocenters. The van der Waals surface area contributed by atoms with Gasteiger partial charge in [-0.1, -0.05) is 44.2 Å². The van der Waals surface area contributed by atoms with Gasteiger partial charge in [0.25, 0.3) is 0 Å². The summed E-state index contributed by atoms with van der Waals surface area (Å²) in [6.07, 6.45) is 4.93. The lowest BCUT2D eigenvalue weighted by Gasteiger charge is -2.45. The zero-order valence-electron chi connectivity index (χ0n) is 20.7. The number of likely N-dealkylation sites (tertiary alicyclic amines) is 2. The number of amides is 1. The summed E-state index contributed by atoms with van der Waals surface area (Å²) in [5.41, 5.74) is 1.86. The van der Waals surface area contributed by atoms with Crippen molar-refractivity contribution in [2.45, 2.75) is 58.3 Å². The molecule has 0 saturated carbocycles. The molecule has 1 atom stereocenters. The van der Waals surface area contributed by atoms with Crippen LogP contribution in [0, 0.1) is 12.3 Å². The molecule has 0 radical (unpaired) electrons. The van der Waals surface area contributed by atoms with Gasteiger partial charge in [0.05, 0.1) is 0 Å². The fourth-order valence-corrected chi connectivity index (χ4v) is 5.36. The maximum Gasteiger partial charge on any atom is 0.228 e. The number of aryl methyl sites for hydroxylation is 1. The first-order chi connectivity index (χ1) is 15.8. The Kier molecular flexibility index (Phi) is 7.03. The molecule has 0 aliphatic carbocycles. The molecule has 4 rings (SSSR count). The molecule has 2 fully saturated rings. The number of carbonyl (C=O) groups excluding carboxylic acids is 1. The molecule has 3 heterocycles. The normalized spacial score (nSPS) is 23.3. The number of anilines is 1. The highest BCUT2D eigenvalue weighted by atomic mass is 16.2. The third-order valence-corrected chi connectivity index (χ3v) is 7.67. The number of nitrogens with zero attached hydrogens (tertiary/aromatic N) is 4. The molecule has 2 saturated heterocycles. The van der Waals surface area contributed by atoms with Crippen LogP contribution in [0.1, 0.15) is 56.6 Å². The Bertz CT molecular complexity index is 954. The van der Waals surface area contributed by atoms with Crippen LogP contribution in [0.4, 0.5) is 5.82 Å². The van der Waals surface area contributed by atoms with E-state index in [4.69, 9.17) is 9.97 Å². The quantitative estimate of drug-likeness (QED) is 0.721. The highest BCUT2D eigenvalue weighted by Crippen LogP contribution is 2.38. The van der Waals surface area contributed by atoms with Crippen LogP contribution < -0.4 is 5.32 Å². The van der Waals surface area contributed by atoms with E-state index in [0.29, 0.717) is 12.5 Å². The van der Waals surface area contributed by atoms with Crippen molar-refractivity contribution < 1.29 is 4.79 Å². The molecular weight excluding hydrogens is 410 g/mol. The van der Waals surface area contributed by atoms with Crippen LogP contribution in [0.15, 0.2) is 36.4 Å². The van der Waals surface area contributed by atoms with Gasteiger partial charge >= 0.3 is 0 Å². The van der Waals surface area contributed by atoms with Gasteiger partial charge in [0, 0.05) is 49.3 Å². The van der Waals surface area contributed by atoms with Gasteiger partial charge in [-0.15, -0.1) is 0 Å². The van der Waals surface area contributed by atoms with Gasteiger partial charge in [-0.25, -0.2) is 9.97 Å². The monoisotopic (exact) mass is 449 g/mol. The Hall–Kier alpha value is -2.47. The predicted octanol–water partition coefficient (Wildman–Crippen LogP) is 4.05. The van der Waals surface area contributed by atoms with Crippen LogP contribution in [0.25, 0.3) is 0 Å². The van der Waals surface area contributed by atoms with Gasteiger partial charge < -0.3 is 15.1 Å². The maximum absolute atomic E-state index is 13.7. The molecule has 2 aromatic rings. The number of hydrogen-bond donors (Lipinski definition) is 1. The van der Waals surface area contributed by atoms with E-state index in [2.05, 4.69) is 59.3 Å². The van der Waals surface area contributed by atoms with Crippen LogP contribution >= 0.6 is 0 Å². The van der Waals surface area contributed by atoms with E-state index in [1.165, 1.54) is 5.56 Å². The molecule has 6 heteroatoms. The minimum Gasteiger partial charge on any atom is -0.373 e. The predicted molar refractivity (Wildman–Crippen MR) is 133 cm³/mol. The summed E-state index contributed by atoms with van der Waals surface area (Å²) < 4.78 is 0. The standard InChI is InChI=1S/C27H39N5O/c1-21-19-23(28-4)30-24(29-21)27(3)12-8-15-32(20-27)25(33)26(2)13-17-31(18-14-26)16-11-22-9-6-5-7-10-22/h5-7,9-10,19H,8,11-18,20H2,1-4H3,(H,28,29,30)/t27-/m1/s1. The topological polar surface area (TPSA) is 61.4 Å². The first-order valence-corrected chi connectivity index (χ1v) is 12.4. The summed E-state index contributed by atoms with van der Waals surface area (Å²) in [5.74, 6) is 2.01. The van der Waals surface area contributed by atoms with Gasteiger partial charge in [0.15, 0.2) is 0 Å². The number of piperidine rings is 2. The van der Waals surface area contributed by atoms with Crippen LogP contribution in [0.2, 0.25) is 0 Å². The molecule has 1 amide bonds. The number of benzene rings is 1. The zero-order chi connectivity index (χ0) is 23.5. The Morgan fingerprint density at radius 2 is 1.79 bits per heavy atom. The second kappa shape index (κ2) is 9.80. The molecule has 6 nitrogen and oxygen atoms in total. The molecule has 0 bridgehead atoms. The number of carbonyl (C=O) groups is 1. The van der Waals surface area contributed by atoms with Crippen molar-refractivity contribution >= 4 is 11.7 Å². The van der Waals surface area contributed by atoms with Gasteiger partial charge in [-0.3, -0.25) is 4.79 Å². The van der Waals surface area contributed by atoms with Crippen molar-refractivity contribution in [1.29, 1.82) is 0 Å². The van der Waals surface area contributed by atoms with Crippen molar-refractivity contribution in [2.75, 3.05) is 45.1 Å². The fraction of sp³-hybridized carbons (Fsp3) is 0.593. The minimum atomic E-state index is -0.273. The summed E-state index contributed by atoms with van der Waals surface area (Å²) in [7, 11) is 1.89. The molecule has 1 N–H and O–H groups in total. The first-order valence-electron chi connectivity index (χ1n) is 12.4. The zero-order valence-corrected chi connectivity index (χ0v) is 20.7. The molecule has 1 aromatic heterocycles. The van der Waals surface area contributed by atoms with Crippen molar-refractivity contribution in [2.24, 2.45) is 5.41 Å². The summed E-state index contributed by atoms with van der Waals surface area (Å²) >= 11 is 0. The minimum absolute atomic E-state index is 0.210. The second-order valence-electron chi connectivity index (χ2n) is 10.5. The van der Waals surface area contributed by atoms with Crippen molar-refractivity contribution in [3.05, 3.63) is 53.5 Å². The number of rotatable bonds is 6. The number of aromatic nitrogens is 2. The number of hydrogen-bond acceptors (Lipinski definition) is 5. The molecule has 178 valence electrons. The third-order valence-electron chi connectivity index (χ3n) is 7.67. The molecule has 2 aliphatic rings. The largest absolute Gasteiger partial charge is 0.373 e. The average Bonchev–Trinajstić information content (AvgIpc) is 2.83. The van der Waals surface area contributed by atoms with Crippen LogP contribution in [-0.2, 0) is 16.6 Å². The third kappa shape index (κ3) is 5.37. The van der Waals surface area contributed by atoms with Gasteiger partial charge in [0.2, 0.25) is 5.91 Å². The van der Waals surface area contributed by atoms with E-state index >= 15 is 0 Å². The van der Waals surface area contributed by atoms with E-state index in [1.54, 1.807) is 0 Å². The van der Waals surface area contributed by atoms with Crippen molar-refractivity contribution in [3.63, 3.8) is 0 Å². The SMILES string of the molecule is CNc1cc(C)nc([C@]2(C)CCCN(C(=O)C3(C)CCN(CCc4ccccc4)CC3)C2)n1. The van der Waals surface area contributed by atoms with Gasteiger partial charge in [-0.05, 0) is 57.7 Å². The summed E-state index contributed by atoms with van der Waals surface area (Å²) in [5, 5.41) is 3.14. The smallest absolute Gasteiger partial charge is 0.228 e. The van der Waals surface area contributed by atoms with Crippen molar-refractivity contribution in [1.82, 2.24) is 19.8 Å². The Morgan fingerprint density at radius 1 is 1.06 bits per heavy atom. The van der Waals surface area contributed by atoms with Crippen LogP contribution in [0.3, 0.4) is 0 Å². The lowest BCUT2D eigenvalue weighted by Crippen LogP contribution is -2.54. The highest BCUT2D eigenvalue weighted by Gasteiger charge is 2.44. The summed E-state index contributed by atoms with van der Waals surface area (Å²) in [6.45, 7) is 11.0. The first kappa shape index (κ1) is 23.7. The molecular formula is C27H39N5O. The lowest BCUT2D eigenvalue weighted by molar-refractivity contribution is -0.146. The van der Waals surface area contributed by atoms with E-state index in [0.717, 1.165) is 75.6 Å². The summed E-state index contributed by atoms with van der Waals surface area (Å²) in [6, 6.07) is 12.6. The molecule has 0 spiro atoms. The average molecular weight is 450 g/mol. The van der Waals surface area contributed by atoms with E-state index in [9.17, 15) is 4.79 Å². The van der Waals surface area contributed by atoms with E-state index in [-0.39, 0.29) is 10.8 Å². The maximum atomic E-state index is 13.7. The Morgan fingerprint density at radius 3 is 2.48 bits per heavy atom. The molecule has 33 heavy (non-hydrogen) atoms. The number of nitrogens with one attached hydrogen (secondary N) is 1. The van der Waals surface area contributed by atoms with E-state index < -0.39 is 0 Å². The van der Waals surface area contributed by atoms with Gasteiger partial charge in [-0.2, -0.15) is 0 Å². The second-order valence-corrected chi connectivity index (χ2v) is 10.5. The Labute approximate surface area is 198 Å².